The number of nitrogens with zero attached hydrogens (tertiary/aromatic N) is 2. The maximum atomic E-state index is 13.2. The highest BCUT2D eigenvalue weighted by molar-refractivity contribution is 7.99. The van der Waals surface area contributed by atoms with Gasteiger partial charge in [-0.15, -0.1) is 10.2 Å². The maximum absolute atomic E-state index is 13.2. The van der Waals surface area contributed by atoms with Gasteiger partial charge in [0.2, 0.25) is 11.8 Å². The van der Waals surface area contributed by atoms with Crippen molar-refractivity contribution >= 4 is 17.7 Å². The van der Waals surface area contributed by atoms with E-state index in [1.165, 1.54) is 43.2 Å². The Kier molecular flexibility index (Phi) is 5.27. The molecular formula is C16H18FN3O2S. The summed E-state index contributed by atoms with van der Waals surface area (Å²) in [7, 11) is 0. The standard InChI is InChI=1S/C16H18FN3O2S/c17-12-6-4-5-11(9-12)15-19-20-16(22-15)23-10-14(21)18-13-7-2-1-3-8-13/h4-6,9,13H,1-3,7-8,10H2,(H,18,21). The summed E-state index contributed by atoms with van der Waals surface area (Å²) in [5.41, 5.74) is 0.524. The SMILES string of the molecule is O=C(CSc1nnc(-c2cccc(F)c2)o1)NC1CCCCC1. The Morgan fingerprint density at radius 1 is 1.30 bits per heavy atom. The Morgan fingerprint density at radius 3 is 2.91 bits per heavy atom. The molecule has 1 aromatic carbocycles. The quantitative estimate of drug-likeness (QED) is 0.848. The molecule has 3 rings (SSSR count). The van der Waals surface area contributed by atoms with E-state index in [1.807, 2.05) is 0 Å². The first-order valence-corrected chi connectivity index (χ1v) is 8.71. The molecule has 122 valence electrons. The summed E-state index contributed by atoms with van der Waals surface area (Å²) in [6.45, 7) is 0. The second kappa shape index (κ2) is 7.59. The molecule has 5 nitrogen and oxygen atoms in total. The van der Waals surface area contributed by atoms with Crippen LogP contribution in [0.15, 0.2) is 33.9 Å². The van der Waals surface area contributed by atoms with Crippen LogP contribution in [0, 0.1) is 5.82 Å². The summed E-state index contributed by atoms with van der Waals surface area (Å²) in [5.74, 6) is 0.107. The van der Waals surface area contributed by atoms with Crippen molar-refractivity contribution in [1.29, 1.82) is 0 Å². The van der Waals surface area contributed by atoms with Crippen molar-refractivity contribution in [3.63, 3.8) is 0 Å². The first-order valence-electron chi connectivity index (χ1n) is 7.72. The molecule has 0 atom stereocenters. The first-order chi connectivity index (χ1) is 11.2. The Morgan fingerprint density at radius 2 is 2.13 bits per heavy atom. The predicted molar refractivity (Wildman–Crippen MR) is 85.4 cm³/mol. The van der Waals surface area contributed by atoms with E-state index in [-0.39, 0.29) is 23.4 Å². The average molecular weight is 335 g/mol. The molecule has 0 aliphatic heterocycles. The van der Waals surface area contributed by atoms with Crippen LogP contribution < -0.4 is 5.32 Å². The Bertz CT molecular complexity index is 671. The molecule has 1 heterocycles. The van der Waals surface area contributed by atoms with Gasteiger partial charge in [0, 0.05) is 11.6 Å². The molecule has 0 saturated heterocycles. The monoisotopic (exact) mass is 335 g/mol. The summed E-state index contributed by atoms with van der Waals surface area (Å²) in [5, 5.41) is 11.1. The molecule has 1 amide bonds. The zero-order chi connectivity index (χ0) is 16.1. The third-order valence-corrected chi connectivity index (χ3v) is 4.59. The summed E-state index contributed by atoms with van der Waals surface area (Å²) in [6.07, 6.45) is 5.73. The van der Waals surface area contributed by atoms with E-state index in [0.29, 0.717) is 16.8 Å². The molecular weight excluding hydrogens is 317 g/mol. The van der Waals surface area contributed by atoms with E-state index < -0.39 is 0 Å². The predicted octanol–water partition coefficient (Wildman–Crippen LogP) is 3.42. The van der Waals surface area contributed by atoms with Crippen LogP contribution in [0.3, 0.4) is 0 Å². The van der Waals surface area contributed by atoms with Gasteiger partial charge < -0.3 is 9.73 Å². The number of rotatable bonds is 5. The maximum Gasteiger partial charge on any atom is 0.277 e. The average Bonchev–Trinajstić information content (AvgIpc) is 3.03. The molecule has 1 aliphatic rings. The van der Waals surface area contributed by atoms with Gasteiger partial charge in [-0.2, -0.15) is 0 Å². The van der Waals surface area contributed by atoms with Gasteiger partial charge in [0.15, 0.2) is 0 Å². The van der Waals surface area contributed by atoms with Gasteiger partial charge >= 0.3 is 0 Å². The molecule has 1 aromatic heterocycles. The van der Waals surface area contributed by atoms with Gasteiger partial charge in [0.1, 0.15) is 5.82 Å². The minimum absolute atomic E-state index is 0.0209. The van der Waals surface area contributed by atoms with Crippen LogP contribution in [-0.2, 0) is 4.79 Å². The third-order valence-electron chi connectivity index (χ3n) is 3.78. The highest BCUT2D eigenvalue weighted by atomic mass is 32.2. The molecule has 1 saturated carbocycles. The number of carbonyl (C=O) groups excluding carboxylic acids is 1. The number of nitrogens with one attached hydrogen (secondary N) is 1. The molecule has 1 N–H and O–H groups in total. The number of thioether (sulfide) groups is 1. The van der Waals surface area contributed by atoms with Crippen molar-refractivity contribution in [3.05, 3.63) is 30.1 Å². The fraction of sp³-hybridized carbons (Fsp3) is 0.438. The van der Waals surface area contributed by atoms with Crippen molar-refractivity contribution in [2.45, 2.75) is 43.4 Å². The second-order valence-electron chi connectivity index (χ2n) is 5.57. The first kappa shape index (κ1) is 16.0. The van der Waals surface area contributed by atoms with Crippen LogP contribution >= 0.6 is 11.8 Å². The zero-order valence-electron chi connectivity index (χ0n) is 12.6. The largest absolute Gasteiger partial charge is 0.411 e. The highest BCUT2D eigenvalue weighted by Crippen LogP contribution is 2.24. The summed E-state index contributed by atoms with van der Waals surface area (Å²) in [6, 6.07) is 6.26. The lowest BCUT2D eigenvalue weighted by atomic mass is 9.95. The zero-order valence-corrected chi connectivity index (χ0v) is 13.4. The van der Waals surface area contributed by atoms with Crippen molar-refractivity contribution in [2.24, 2.45) is 0 Å². The van der Waals surface area contributed by atoms with E-state index >= 15 is 0 Å². The molecule has 0 unspecified atom stereocenters. The van der Waals surface area contributed by atoms with Crippen molar-refractivity contribution in [2.75, 3.05) is 5.75 Å². The van der Waals surface area contributed by atoms with Crippen molar-refractivity contribution in [3.8, 4) is 11.5 Å². The van der Waals surface area contributed by atoms with Crippen LogP contribution in [0.2, 0.25) is 0 Å². The van der Waals surface area contributed by atoms with Gasteiger partial charge in [-0.3, -0.25) is 4.79 Å². The van der Waals surface area contributed by atoms with E-state index in [0.717, 1.165) is 12.8 Å². The van der Waals surface area contributed by atoms with Crippen molar-refractivity contribution in [1.82, 2.24) is 15.5 Å². The fourth-order valence-electron chi connectivity index (χ4n) is 2.65. The normalized spacial score (nSPS) is 15.5. The molecule has 0 spiro atoms. The topological polar surface area (TPSA) is 68.0 Å². The van der Waals surface area contributed by atoms with E-state index in [9.17, 15) is 9.18 Å². The third kappa shape index (κ3) is 4.54. The minimum Gasteiger partial charge on any atom is -0.411 e. The molecule has 23 heavy (non-hydrogen) atoms. The number of benzene rings is 1. The summed E-state index contributed by atoms with van der Waals surface area (Å²) >= 11 is 1.19. The van der Waals surface area contributed by atoms with Gasteiger partial charge in [-0.05, 0) is 31.0 Å². The Hall–Kier alpha value is -1.89. The second-order valence-corrected chi connectivity index (χ2v) is 6.50. The number of carbonyl (C=O) groups is 1. The minimum atomic E-state index is -0.359. The van der Waals surface area contributed by atoms with Crippen LogP contribution in [0.25, 0.3) is 11.5 Å². The summed E-state index contributed by atoms with van der Waals surface area (Å²) in [4.78, 5) is 11.9. The lowest BCUT2D eigenvalue weighted by Crippen LogP contribution is -2.37. The smallest absolute Gasteiger partial charge is 0.277 e. The van der Waals surface area contributed by atoms with Gasteiger partial charge in [0.25, 0.3) is 5.22 Å². The van der Waals surface area contributed by atoms with Crippen LogP contribution in [-0.4, -0.2) is 27.9 Å². The molecule has 1 fully saturated rings. The number of hydrogen-bond acceptors (Lipinski definition) is 5. The van der Waals surface area contributed by atoms with Gasteiger partial charge in [-0.25, -0.2) is 4.39 Å². The van der Waals surface area contributed by atoms with Crippen LogP contribution in [0.5, 0.6) is 0 Å². The molecule has 1 aliphatic carbocycles. The number of amides is 1. The summed E-state index contributed by atoms with van der Waals surface area (Å²) < 4.78 is 18.6. The number of halogens is 1. The molecule has 2 aromatic rings. The van der Waals surface area contributed by atoms with Gasteiger partial charge in [0.05, 0.1) is 5.75 Å². The lowest BCUT2D eigenvalue weighted by molar-refractivity contribution is -0.119. The van der Waals surface area contributed by atoms with Gasteiger partial charge in [-0.1, -0.05) is 37.1 Å². The van der Waals surface area contributed by atoms with Crippen LogP contribution in [0.4, 0.5) is 4.39 Å². The van der Waals surface area contributed by atoms with Crippen molar-refractivity contribution < 1.29 is 13.6 Å². The Balaban J connectivity index is 1.52. The molecule has 0 bridgehead atoms. The molecule has 7 heteroatoms. The van der Waals surface area contributed by atoms with E-state index in [4.69, 9.17) is 4.42 Å². The number of hydrogen-bond donors (Lipinski definition) is 1. The Labute approximate surface area is 138 Å². The lowest BCUT2D eigenvalue weighted by Gasteiger charge is -2.22. The highest BCUT2D eigenvalue weighted by Gasteiger charge is 2.17. The van der Waals surface area contributed by atoms with E-state index in [2.05, 4.69) is 15.5 Å². The van der Waals surface area contributed by atoms with E-state index in [1.54, 1.807) is 12.1 Å². The fourth-order valence-corrected chi connectivity index (χ4v) is 3.22. The van der Waals surface area contributed by atoms with Crippen LogP contribution in [0.1, 0.15) is 32.1 Å². The number of aromatic nitrogens is 2. The molecule has 0 radical (unpaired) electrons.